The van der Waals surface area contributed by atoms with Gasteiger partial charge in [0, 0.05) is 6.42 Å². The number of hydrogen-bond acceptors (Lipinski definition) is 5. The molecule has 0 saturated heterocycles. The number of nitrogens with zero attached hydrogens (tertiary/aromatic N) is 1. The summed E-state index contributed by atoms with van der Waals surface area (Å²) in [6, 6.07) is -0.859. The summed E-state index contributed by atoms with van der Waals surface area (Å²) < 4.78 is 23.5. The second-order valence-electron chi connectivity index (χ2n) is 18.9. The summed E-state index contributed by atoms with van der Waals surface area (Å²) in [5.41, 5.74) is 0. The zero-order valence-electron chi connectivity index (χ0n) is 40.9. The van der Waals surface area contributed by atoms with Crippen molar-refractivity contribution >= 4 is 13.7 Å². The number of phosphoric acid groups is 1. The molecule has 0 spiro atoms. The fourth-order valence-electron chi connectivity index (χ4n) is 7.46. The number of rotatable bonds is 47. The standard InChI is InChI=1S/C52H101N2O6P/c1-6-8-10-12-14-16-17-18-19-20-21-22-23-24-25-26-27-28-29-30-31-32-33-34-35-36-38-40-42-44-46-52(56)53-50(49-60-61(57,58)59-48-47-54(3,4)5)51(55)45-43-41-39-37-15-13-11-9-7-2/h15,24-25,37,43,45,50-51,55H,6-14,16-23,26-36,38-42,44,46-49H2,1-5H3,(H-,53,56,57,58)/p+1/b25-24-,37-15+,45-43+. The van der Waals surface area contributed by atoms with Gasteiger partial charge in [0.1, 0.15) is 13.2 Å². The number of allylic oxidation sites excluding steroid dienone is 5. The molecule has 0 rings (SSSR count). The van der Waals surface area contributed by atoms with E-state index >= 15 is 0 Å². The Hall–Kier alpha value is -1.28. The van der Waals surface area contributed by atoms with Crippen molar-refractivity contribution in [1.82, 2.24) is 5.32 Å². The van der Waals surface area contributed by atoms with E-state index in [1.807, 2.05) is 27.2 Å². The van der Waals surface area contributed by atoms with Crippen LogP contribution >= 0.6 is 7.82 Å². The summed E-state index contributed by atoms with van der Waals surface area (Å²) in [7, 11) is 1.56. The number of aliphatic hydroxyl groups excluding tert-OH is 1. The first kappa shape index (κ1) is 59.7. The van der Waals surface area contributed by atoms with Crippen molar-refractivity contribution in [2.75, 3.05) is 40.9 Å². The molecule has 0 aromatic heterocycles. The lowest BCUT2D eigenvalue weighted by Crippen LogP contribution is -2.45. The molecule has 0 aliphatic rings. The van der Waals surface area contributed by atoms with Gasteiger partial charge in [-0.25, -0.2) is 4.57 Å². The normalized spacial score (nSPS) is 14.4. The summed E-state index contributed by atoms with van der Waals surface area (Å²) >= 11 is 0. The van der Waals surface area contributed by atoms with Crippen LogP contribution in [-0.4, -0.2) is 73.4 Å². The molecule has 3 N–H and O–H groups in total. The third-order valence-corrected chi connectivity index (χ3v) is 12.6. The largest absolute Gasteiger partial charge is 0.472 e. The van der Waals surface area contributed by atoms with Gasteiger partial charge in [0.25, 0.3) is 0 Å². The SMILES string of the molecule is CCCCC/C=C/CC/C=C/C(O)C(COP(=O)(O)OCC[N+](C)(C)C)NC(=O)CCCCCCCCCCCCCCCC/C=C\CCCCCCCCCCCCCC. The lowest BCUT2D eigenvalue weighted by molar-refractivity contribution is -0.870. The number of aliphatic hydroxyl groups is 1. The molecule has 3 atom stereocenters. The van der Waals surface area contributed by atoms with E-state index in [0.717, 1.165) is 38.5 Å². The first-order valence-corrected chi connectivity index (χ1v) is 27.4. The number of nitrogens with one attached hydrogen (secondary N) is 1. The van der Waals surface area contributed by atoms with E-state index in [9.17, 15) is 19.4 Å². The molecule has 0 aromatic rings. The van der Waals surface area contributed by atoms with E-state index in [1.54, 1.807) is 6.08 Å². The number of amides is 1. The van der Waals surface area contributed by atoms with Crippen LogP contribution < -0.4 is 5.32 Å². The molecule has 61 heavy (non-hydrogen) atoms. The molecule has 0 fully saturated rings. The maximum atomic E-state index is 12.9. The van der Waals surface area contributed by atoms with E-state index in [0.29, 0.717) is 17.4 Å². The van der Waals surface area contributed by atoms with Crippen LogP contribution in [0.3, 0.4) is 0 Å². The summed E-state index contributed by atoms with van der Waals surface area (Å²) in [6.45, 7) is 4.75. The highest BCUT2D eigenvalue weighted by Crippen LogP contribution is 2.43. The molecule has 360 valence electrons. The minimum Gasteiger partial charge on any atom is -0.387 e. The molecule has 0 aliphatic heterocycles. The van der Waals surface area contributed by atoms with Crippen LogP contribution in [0.25, 0.3) is 0 Å². The van der Waals surface area contributed by atoms with Crippen molar-refractivity contribution in [3.8, 4) is 0 Å². The number of hydrogen-bond donors (Lipinski definition) is 3. The molecule has 0 aromatic carbocycles. The van der Waals surface area contributed by atoms with Gasteiger partial charge in [-0.2, -0.15) is 0 Å². The number of carbonyl (C=O) groups excluding carboxylic acids is 1. The molecule has 0 saturated carbocycles. The Morgan fingerprint density at radius 2 is 0.902 bits per heavy atom. The zero-order chi connectivity index (χ0) is 45.0. The van der Waals surface area contributed by atoms with Crippen LogP contribution in [0.4, 0.5) is 0 Å². The Labute approximate surface area is 378 Å². The van der Waals surface area contributed by atoms with Gasteiger partial charge in [-0.05, 0) is 57.8 Å². The predicted molar refractivity (Wildman–Crippen MR) is 263 cm³/mol. The van der Waals surface area contributed by atoms with Gasteiger partial charge >= 0.3 is 7.82 Å². The molecule has 0 radical (unpaired) electrons. The number of carbonyl (C=O) groups is 1. The van der Waals surface area contributed by atoms with Crippen molar-refractivity contribution in [3.05, 3.63) is 36.5 Å². The van der Waals surface area contributed by atoms with Crippen molar-refractivity contribution in [3.63, 3.8) is 0 Å². The Bertz CT molecular complexity index is 1090. The van der Waals surface area contributed by atoms with Crippen LogP contribution in [0.2, 0.25) is 0 Å². The molecular formula is C52H102N2O6P+. The Kier molecular flexibility index (Phi) is 43.0. The van der Waals surface area contributed by atoms with Gasteiger partial charge in [0.05, 0.1) is 39.9 Å². The summed E-state index contributed by atoms with van der Waals surface area (Å²) in [4.78, 5) is 23.1. The summed E-state index contributed by atoms with van der Waals surface area (Å²) in [5, 5.41) is 13.8. The number of unbranched alkanes of at least 4 members (excludes halogenated alkanes) is 30. The second-order valence-corrected chi connectivity index (χ2v) is 20.3. The first-order valence-electron chi connectivity index (χ1n) is 25.9. The molecule has 0 heterocycles. The highest BCUT2D eigenvalue weighted by atomic mass is 31.2. The average Bonchev–Trinajstić information content (AvgIpc) is 3.21. The smallest absolute Gasteiger partial charge is 0.387 e. The lowest BCUT2D eigenvalue weighted by Gasteiger charge is -2.25. The lowest BCUT2D eigenvalue weighted by atomic mass is 10.0. The molecular weight excluding hydrogens is 780 g/mol. The highest BCUT2D eigenvalue weighted by Gasteiger charge is 2.27. The molecule has 9 heteroatoms. The number of likely N-dealkylation sites (N-methyl/N-ethyl adjacent to an activating group) is 1. The van der Waals surface area contributed by atoms with E-state index in [4.69, 9.17) is 9.05 Å². The monoisotopic (exact) mass is 882 g/mol. The third-order valence-electron chi connectivity index (χ3n) is 11.6. The van der Waals surface area contributed by atoms with E-state index in [1.165, 1.54) is 180 Å². The molecule has 1 amide bonds. The van der Waals surface area contributed by atoms with Crippen molar-refractivity contribution in [2.45, 2.75) is 251 Å². The van der Waals surface area contributed by atoms with Crippen LogP contribution in [0, 0.1) is 0 Å². The Balaban J connectivity index is 4.00. The van der Waals surface area contributed by atoms with E-state index in [2.05, 4.69) is 43.5 Å². The van der Waals surface area contributed by atoms with Crippen molar-refractivity contribution in [2.24, 2.45) is 0 Å². The van der Waals surface area contributed by atoms with Crippen LogP contribution in [0.5, 0.6) is 0 Å². The van der Waals surface area contributed by atoms with Crippen LogP contribution in [0.15, 0.2) is 36.5 Å². The summed E-state index contributed by atoms with van der Waals surface area (Å²) in [5.74, 6) is -0.188. The molecule has 0 bridgehead atoms. The third kappa shape index (κ3) is 46.5. The fraction of sp³-hybridized carbons (Fsp3) is 0.865. The second kappa shape index (κ2) is 43.9. The Morgan fingerprint density at radius 1 is 0.541 bits per heavy atom. The summed E-state index contributed by atoms with van der Waals surface area (Å²) in [6.07, 6.45) is 55.5. The van der Waals surface area contributed by atoms with Gasteiger partial charge in [-0.15, -0.1) is 0 Å². The fourth-order valence-corrected chi connectivity index (χ4v) is 8.20. The maximum Gasteiger partial charge on any atom is 0.472 e. The maximum absolute atomic E-state index is 12.9. The first-order chi connectivity index (χ1) is 29.5. The van der Waals surface area contributed by atoms with Gasteiger partial charge in [-0.3, -0.25) is 13.8 Å². The Morgan fingerprint density at radius 3 is 1.34 bits per heavy atom. The van der Waals surface area contributed by atoms with Gasteiger partial charge in [-0.1, -0.05) is 211 Å². The van der Waals surface area contributed by atoms with Gasteiger partial charge < -0.3 is 19.8 Å². The van der Waals surface area contributed by atoms with Crippen LogP contribution in [0.1, 0.15) is 239 Å². The van der Waals surface area contributed by atoms with E-state index in [-0.39, 0.29) is 19.1 Å². The predicted octanol–water partition coefficient (Wildman–Crippen LogP) is 15.0. The number of phosphoric ester groups is 1. The van der Waals surface area contributed by atoms with Crippen LogP contribution in [-0.2, 0) is 18.4 Å². The zero-order valence-corrected chi connectivity index (χ0v) is 41.8. The minimum absolute atomic E-state index is 0.0564. The van der Waals surface area contributed by atoms with E-state index < -0.39 is 20.0 Å². The van der Waals surface area contributed by atoms with Crippen molar-refractivity contribution < 1.29 is 32.9 Å². The topological polar surface area (TPSA) is 105 Å². The van der Waals surface area contributed by atoms with Gasteiger partial charge in [0.2, 0.25) is 5.91 Å². The van der Waals surface area contributed by atoms with Crippen molar-refractivity contribution in [1.29, 1.82) is 0 Å². The van der Waals surface area contributed by atoms with Gasteiger partial charge in [0.15, 0.2) is 0 Å². The average molecular weight is 882 g/mol. The molecule has 3 unspecified atom stereocenters. The molecule has 0 aliphatic carbocycles. The highest BCUT2D eigenvalue weighted by molar-refractivity contribution is 7.47. The molecule has 8 nitrogen and oxygen atoms in total. The minimum atomic E-state index is -4.34. The number of quaternary nitrogens is 1. The quantitative estimate of drug-likeness (QED) is 0.0243.